The highest BCUT2D eigenvalue weighted by molar-refractivity contribution is 6.30. The van der Waals surface area contributed by atoms with Gasteiger partial charge in [-0.25, -0.2) is 0 Å². The first-order valence-corrected chi connectivity index (χ1v) is 4.89. The highest BCUT2D eigenvalue weighted by Crippen LogP contribution is 2.30. The second-order valence-electron chi connectivity index (χ2n) is 3.63. The van der Waals surface area contributed by atoms with Gasteiger partial charge in [-0.2, -0.15) is 0 Å². The number of aliphatic hydroxyl groups is 1. The molecule has 1 aromatic carbocycles. The van der Waals surface area contributed by atoms with Crippen LogP contribution in [0.1, 0.15) is 12.5 Å². The van der Waals surface area contributed by atoms with Crippen LogP contribution < -0.4 is 5.32 Å². The van der Waals surface area contributed by atoms with E-state index in [0.29, 0.717) is 10.6 Å². The predicted molar refractivity (Wildman–Crippen MR) is 58.2 cm³/mol. The molecule has 3 nitrogen and oxygen atoms in total. The minimum Gasteiger partial charge on any atom is -0.367 e. The Morgan fingerprint density at radius 2 is 2.20 bits per heavy atom. The fraction of sp³-hybridized carbons (Fsp3) is 0.182. The van der Waals surface area contributed by atoms with Gasteiger partial charge in [0.15, 0.2) is 5.72 Å². The number of halogens is 1. The fourth-order valence-corrected chi connectivity index (χ4v) is 1.83. The zero-order valence-corrected chi connectivity index (χ0v) is 8.88. The van der Waals surface area contributed by atoms with Gasteiger partial charge in [0.1, 0.15) is 0 Å². The van der Waals surface area contributed by atoms with E-state index in [4.69, 9.17) is 11.6 Å². The summed E-state index contributed by atoms with van der Waals surface area (Å²) >= 11 is 5.84. The van der Waals surface area contributed by atoms with Crippen LogP contribution in [0.3, 0.4) is 0 Å². The molecule has 15 heavy (non-hydrogen) atoms. The summed E-state index contributed by atoms with van der Waals surface area (Å²) in [6, 6.07) is 7.02. The molecule has 0 radical (unpaired) electrons. The number of carbonyl (C=O) groups excluding carboxylic acids is 1. The van der Waals surface area contributed by atoms with Crippen LogP contribution in [-0.2, 0) is 4.79 Å². The first kappa shape index (κ1) is 10.2. The molecule has 4 heteroatoms. The molecule has 0 aromatic heterocycles. The van der Waals surface area contributed by atoms with Crippen LogP contribution in [0.25, 0.3) is 5.57 Å². The van der Waals surface area contributed by atoms with Crippen molar-refractivity contribution in [3.63, 3.8) is 0 Å². The average molecular weight is 224 g/mol. The van der Waals surface area contributed by atoms with E-state index >= 15 is 0 Å². The molecule has 1 aliphatic rings. The first-order chi connectivity index (χ1) is 6.99. The minimum atomic E-state index is -1.32. The van der Waals surface area contributed by atoms with Gasteiger partial charge >= 0.3 is 0 Å². The smallest absolute Gasteiger partial charge is 0.246 e. The number of nitrogens with one attached hydrogen (secondary N) is 1. The van der Waals surface area contributed by atoms with Gasteiger partial charge in [0, 0.05) is 16.7 Å². The molecule has 2 N–H and O–H groups in total. The van der Waals surface area contributed by atoms with E-state index in [9.17, 15) is 9.90 Å². The third-order valence-electron chi connectivity index (χ3n) is 2.30. The second kappa shape index (κ2) is 3.36. The Morgan fingerprint density at radius 3 is 2.73 bits per heavy atom. The molecule has 78 valence electrons. The Kier molecular flexibility index (Phi) is 2.29. The zero-order valence-electron chi connectivity index (χ0n) is 8.12. The van der Waals surface area contributed by atoms with Crippen molar-refractivity contribution in [2.75, 3.05) is 0 Å². The van der Waals surface area contributed by atoms with Crippen LogP contribution in [0.2, 0.25) is 5.02 Å². The average Bonchev–Trinajstić information content (AvgIpc) is 2.39. The molecule has 2 rings (SSSR count). The van der Waals surface area contributed by atoms with Gasteiger partial charge in [0.05, 0.1) is 0 Å². The second-order valence-corrected chi connectivity index (χ2v) is 4.07. The van der Waals surface area contributed by atoms with Crippen LogP contribution in [0.4, 0.5) is 0 Å². The SMILES string of the molecule is CC1(O)NC(=O)C=C1c1cccc(Cl)c1. The molecule has 1 aromatic rings. The first-order valence-electron chi connectivity index (χ1n) is 4.52. The van der Waals surface area contributed by atoms with E-state index in [1.807, 2.05) is 0 Å². The molecular weight excluding hydrogens is 214 g/mol. The van der Waals surface area contributed by atoms with Crippen molar-refractivity contribution in [1.29, 1.82) is 0 Å². The summed E-state index contributed by atoms with van der Waals surface area (Å²) < 4.78 is 0. The van der Waals surface area contributed by atoms with Crippen molar-refractivity contribution in [2.24, 2.45) is 0 Å². The quantitative estimate of drug-likeness (QED) is 0.759. The largest absolute Gasteiger partial charge is 0.367 e. The lowest BCUT2D eigenvalue weighted by Crippen LogP contribution is -2.40. The van der Waals surface area contributed by atoms with E-state index in [2.05, 4.69) is 5.32 Å². The molecular formula is C11H10ClNO2. The molecule has 0 bridgehead atoms. The summed E-state index contributed by atoms with van der Waals surface area (Å²) in [5.41, 5.74) is -0.0391. The summed E-state index contributed by atoms with van der Waals surface area (Å²) in [6.07, 6.45) is 1.38. The molecule has 0 fully saturated rings. The van der Waals surface area contributed by atoms with Gasteiger partial charge in [-0.3, -0.25) is 4.79 Å². The number of carbonyl (C=O) groups is 1. The van der Waals surface area contributed by atoms with E-state index in [0.717, 1.165) is 5.56 Å². The standard InChI is InChI=1S/C11H10ClNO2/c1-11(15)9(6-10(14)13-11)7-3-2-4-8(12)5-7/h2-6,15H,1H3,(H,13,14). The zero-order chi connectivity index (χ0) is 11.1. The third kappa shape index (κ3) is 1.89. The number of hydrogen-bond donors (Lipinski definition) is 2. The molecule has 1 heterocycles. The third-order valence-corrected chi connectivity index (χ3v) is 2.54. The van der Waals surface area contributed by atoms with Crippen molar-refractivity contribution < 1.29 is 9.90 Å². The summed E-state index contributed by atoms with van der Waals surface area (Å²) in [6.45, 7) is 1.53. The highest BCUT2D eigenvalue weighted by atomic mass is 35.5. The fourth-order valence-electron chi connectivity index (χ4n) is 1.64. The molecule has 1 aliphatic heterocycles. The molecule has 1 atom stereocenters. The number of benzene rings is 1. The van der Waals surface area contributed by atoms with Crippen LogP contribution in [0, 0.1) is 0 Å². The Labute approximate surface area is 92.4 Å². The highest BCUT2D eigenvalue weighted by Gasteiger charge is 2.34. The maximum Gasteiger partial charge on any atom is 0.246 e. The molecule has 0 saturated heterocycles. The van der Waals surface area contributed by atoms with Crippen LogP contribution in [0.15, 0.2) is 30.3 Å². The van der Waals surface area contributed by atoms with Gasteiger partial charge in [-0.1, -0.05) is 23.7 Å². The van der Waals surface area contributed by atoms with Gasteiger partial charge in [0.2, 0.25) is 5.91 Å². The number of amides is 1. The van der Waals surface area contributed by atoms with Crippen molar-refractivity contribution in [3.8, 4) is 0 Å². The van der Waals surface area contributed by atoms with E-state index < -0.39 is 5.72 Å². The van der Waals surface area contributed by atoms with Crippen molar-refractivity contribution in [3.05, 3.63) is 40.9 Å². The Bertz CT molecular complexity index is 452. The summed E-state index contributed by atoms with van der Waals surface area (Å²) in [7, 11) is 0. The summed E-state index contributed by atoms with van der Waals surface area (Å²) in [4.78, 5) is 11.1. The topological polar surface area (TPSA) is 49.3 Å². The summed E-state index contributed by atoms with van der Waals surface area (Å²) in [5.74, 6) is -0.296. The van der Waals surface area contributed by atoms with Gasteiger partial charge < -0.3 is 10.4 Å². The lowest BCUT2D eigenvalue weighted by Gasteiger charge is -2.21. The van der Waals surface area contributed by atoms with Crippen LogP contribution in [-0.4, -0.2) is 16.7 Å². The van der Waals surface area contributed by atoms with E-state index in [1.165, 1.54) is 13.0 Å². The van der Waals surface area contributed by atoms with Crippen molar-refractivity contribution in [1.82, 2.24) is 5.32 Å². The predicted octanol–water partition coefficient (Wildman–Crippen LogP) is 1.56. The van der Waals surface area contributed by atoms with Gasteiger partial charge in [-0.05, 0) is 24.6 Å². The minimum absolute atomic E-state index is 0.296. The maximum absolute atomic E-state index is 11.1. The lowest BCUT2D eigenvalue weighted by atomic mass is 9.99. The number of rotatable bonds is 1. The molecule has 1 unspecified atom stereocenters. The van der Waals surface area contributed by atoms with Gasteiger partial charge in [-0.15, -0.1) is 0 Å². The number of hydrogen-bond acceptors (Lipinski definition) is 2. The maximum atomic E-state index is 11.1. The Morgan fingerprint density at radius 1 is 1.47 bits per heavy atom. The molecule has 0 saturated carbocycles. The van der Waals surface area contributed by atoms with Crippen LogP contribution in [0.5, 0.6) is 0 Å². The van der Waals surface area contributed by atoms with Crippen LogP contribution >= 0.6 is 11.6 Å². The van der Waals surface area contributed by atoms with Crippen molar-refractivity contribution >= 4 is 23.1 Å². The molecule has 0 aliphatic carbocycles. The van der Waals surface area contributed by atoms with E-state index in [-0.39, 0.29) is 5.91 Å². The lowest BCUT2D eigenvalue weighted by molar-refractivity contribution is -0.119. The Balaban J connectivity index is 2.47. The van der Waals surface area contributed by atoms with E-state index in [1.54, 1.807) is 24.3 Å². The Hall–Kier alpha value is -1.32. The molecule has 0 spiro atoms. The molecule has 1 amide bonds. The van der Waals surface area contributed by atoms with Gasteiger partial charge in [0.25, 0.3) is 0 Å². The normalized spacial score (nSPS) is 25.0. The van der Waals surface area contributed by atoms with Crippen molar-refractivity contribution in [2.45, 2.75) is 12.6 Å². The summed E-state index contributed by atoms with van der Waals surface area (Å²) in [5, 5.41) is 12.9. The monoisotopic (exact) mass is 223 g/mol.